The first-order valence-corrected chi connectivity index (χ1v) is 12.4. The third kappa shape index (κ3) is 5.75. The predicted octanol–water partition coefficient (Wildman–Crippen LogP) is 4.93. The van der Waals surface area contributed by atoms with E-state index in [-0.39, 0.29) is 17.9 Å². The summed E-state index contributed by atoms with van der Waals surface area (Å²) in [5.74, 6) is -0.108. The molecule has 4 rings (SSSR count). The number of nitrogens with one attached hydrogen (secondary N) is 1. The molecule has 3 aromatic rings. The fourth-order valence-corrected chi connectivity index (χ4v) is 4.67. The van der Waals surface area contributed by atoms with E-state index in [0.29, 0.717) is 25.2 Å². The van der Waals surface area contributed by atoms with Crippen molar-refractivity contribution in [3.8, 4) is 5.69 Å². The van der Waals surface area contributed by atoms with Crippen LogP contribution in [0, 0.1) is 13.8 Å². The van der Waals surface area contributed by atoms with Crippen molar-refractivity contribution >= 4 is 12.0 Å². The Bertz CT molecular complexity index is 1200. The fourth-order valence-electron chi connectivity index (χ4n) is 4.67. The number of aryl methyl sites for hydroxylation is 2. The van der Waals surface area contributed by atoms with E-state index in [2.05, 4.69) is 36.3 Å². The number of piperidine rings is 1. The summed E-state index contributed by atoms with van der Waals surface area (Å²) in [6, 6.07) is 11.8. The second-order valence-corrected chi connectivity index (χ2v) is 10.3. The summed E-state index contributed by atoms with van der Waals surface area (Å²) in [7, 11) is 0. The highest BCUT2D eigenvalue weighted by Crippen LogP contribution is 2.34. The lowest BCUT2D eigenvalue weighted by atomic mass is 9.90. The van der Waals surface area contributed by atoms with Gasteiger partial charge in [0.2, 0.25) is 0 Å². The number of ether oxygens (including phenoxy) is 1. The van der Waals surface area contributed by atoms with Crippen molar-refractivity contribution in [3.63, 3.8) is 0 Å². The van der Waals surface area contributed by atoms with Crippen LogP contribution >= 0.6 is 0 Å². The molecule has 2 amide bonds. The van der Waals surface area contributed by atoms with Gasteiger partial charge in [-0.3, -0.25) is 9.78 Å². The van der Waals surface area contributed by atoms with E-state index in [0.717, 1.165) is 41.0 Å². The van der Waals surface area contributed by atoms with Crippen LogP contribution in [-0.2, 0) is 11.3 Å². The summed E-state index contributed by atoms with van der Waals surface area (Å²) in [6.07, 6.45) is 4.52. The zero-order valence-corrected chi connectivity index (χ0v) is 21.7. The Hall–Kier alpha value is -3.68. The number of nitrogens with zero attached hydrogens (tertiary/aromatic N) is 4. The van der Waals surface area contributed by atoms with Gasteiger partial charge in [0.15, 0.2) is 0 Å². The Morgan fingerprint density at radius 2 is 1.75 bits per heavy atom. The van der Waals surface area contributed by atoms with Gasteiger partial charge in [0, 0.05) is 25.2 Å². The lowest BCUT2D eigenvalue weighted by molar-refractivity contribution is 0.0203. The average molecular weight is 490 g/mol. The molecule has 0 unspecified atom stereocenters. The smallest absolute Gasteiger partial charge is 0.410 e. The Morgan fingerprint density at radius 3 is 2.36 bits per heavy atom. The quantitative estimate of drug-likeness (QED) is 0.549. The SMILES string of the molecule is Cc1cccc(C)c1-n1ncc(C(=O)NCc2ccccn2)c1C1CCN(C(=O)OC(C)(C)C)CC1. The van der Waals surface area contributed by atoms with Crippen LogP contribution in [0.5, 0.6) is 0 Å². The van der Waals surface area contributed by atoms with E-state index >= 15 is 0 Å². The number of para-hydroxylation sites is 1. The van der Waals surface area contributed by atoms with E-state index in [1.807, 2.05) is 49.7 Å². The maximum Gasteiger partial charge on any atom is 0.410 e. The van der Waals surface area contributed by atoms with E-state index in [9.17, 15) is 9.59 Å². The van der Waals surface area contributed by atoms with Crippen molar-refractivity contribution in [2.75, 3.05) is 13.1 Å². The minimum absolute atomic E-state index is 0.0702. The third-order valence-electron chi connectivity index (χ3n) is 6.39. The first kappa shape index (κ1) is 25.4. The van der Waals surface area contributed by atoms with Gasteiger partial charge in [-0.25, -0.2) is 9.48 Å². The molecular weight excluding hydrogens is 454 g/mol. The normalized spacial score (nSPS) is 14.5. The van der Waals surface area contributed by atoms with Crippen molar-refractivity contribution in [2.24, 2.45) is 0 Å². The molecule has 1 N–H and O–H groups in total. The first-order valence-electron chi connectivity index (χ1n) is 12.4. The number of rotatable bonds is 5. The minimum Gasteiger partial charge on any atom is -0.444 e. The Kier molecular flexibility index (Phi) is 7.43. The lowest BCUT2D eigenvalue weighted by Crippen LogP contribution is -2.41. The minimum atomic E-state index is -0.534. The molecule has 1 fully saturated rings. The van der Waals surface area contributed by atoms with E-state index in [4.69, 9.17) is 9.84 Å². The number of aromatic nitrogens is 3. The van der Waals surface area contributed by atoms with Gasteiger partial charge in [-0.2, -0.15) is 5.10 Å². The van der Waals surface area contributed by atoms with Gasteiger partial charge in [0.1, 0.15) is 5.60 Å². The number of amides is 2. The average Bonchev–Trinajstić information content (AvgIpc) is 3.27. The molecule has 0 bridgehead atoms. The number of hydrogen-bond donors (Lipinski definition) is 1. The molecule has 1 aliphatic heterocycles. The molecule has 36 heavy (non-hydrogen) atoms. The van der Waals surface area contributed by atoms with Crippen LogP contribution < -0.4 is 5.32 Å². The number of likely N-dealkylation sites (tertiary alicyclic amines) is 1. The summed E-state index contributed by atoms with van der Waals surface area (Å²) < 4.78 is 7.49. The number of carbonyl (C=O) groups excluding carboxylic acids is 2. The van der Waals surface area contributed by atoms with Crippen LogP contribution in [0.15, 0.2) is 48.8 Å². The fraction of sp³-hybridized carbons (Fsp3) is 0.429. The van der Waals surface area contributed by atoms with Gasteiger partial charge in [0.25, 0.3) is 5.91 Å². The van der Waals surface area contributed by atoms with Crippen LogP contribution in [0.1, 0.15) is 72.4 Å². The van der Waals surface area contributed by atoms with Crippen LogP contribution in [-0.4, -0.2) is 50.4 Å². The standard InChI is InChI=1S/C28H35N5O3/c1-19-9-8-10-20(2)24(19)33-25(21-12-15-32(16-13-21)27(35)36-28(3,4)5)23(18-31-33)26(34)30-17-22-11-6-7-14-29-22/h6-11,14,18,21H,12-13,15-17H2,1-5H3,(H,30,34). The Labute approximate surface area is 212 Å². The number of hydrogen-bond acceptors (Lipinski definition) is 5. The molecule has 0 radical (unpaired) electrons. The van der Waals surface area contributed by atoms with Crippen LogP contribution in [0.25, 0.3) is 5.69 Å². The second kappa shape index (κ2) is 10.5. The molecular formula is C28H35N5O3. The van der Waals surface area contributed by atoms with Gasteiger partial charge >= 0.3 is 6.09 Å². The number of carbonyl (C=O) groups is 2. The van der Waals surface area contributed by atoms with Gasteiger partial charge < -0.3 is 15.0 Å². The lowest BCUT2D eigenvalue weighted by Gasteiger charge is -2.34. The summed E-state index contributed by atoms with van der Waals surface area (Å²) in [5.41, 5.74) is 4.87. The molecule has 1 aliphatic rings. The van der Waals surface area contributed by atoms with Crippen molar-refractivity contribution in [1.29, 1.82) is 0 Å². The van der Waals surface area contributed by atoms with Crippen molar-refractivity contribution in [3.05, 3.63) is 76.9 Å². The third-order valence-corrected chi connectivity index (χ3v) is 6.39. The Balaban J connectivity index is 1.61. The van der Waals surface area contributed by atoms with E-state index in [1.54, 1.807) is 17.3 Å². The summed E-state index contributed by atoms with van der Waals surface area (Å²) >= 11 is 0. The Morgan fingerprint density at radius 1 is 1.06 bits per heavy atom. The number of benzene rings is 1. The van der Waals surface area contributed by atoms with Crippen LogP contribution in [0.4, 0.5) is 4.79 Å². The zero-order valence-electron chi connectivity index (χ0n) is 21.7. The van der Waals surface area contributed by atoms with Gasteiger partial charge in [-0.15, -0.1) is 0 Å². The van der Waals surface area contributed by atoms with Crippen molar-refractivity contribution in [1.82, 2.24) is 25.0 Å². The molecule has 3 heterocycles. The molecule has 0 saturated carbocycles. The van der Waals surface area contributed by atoms with Crippen LogP contribution in [0.2, 0.25) is 0 Å². The van der Waals surface area contributed by atoms with Crippen LogP contribution in [0.3, 0.4) is 0 Å². The molecule has 190 valence electrons. The number of pyridine rings is 1. The summed E-state index contributed by atoms with van der Waals surface area (Å²) in [5, 5.41) is 7.70. The molecule has 1 aromatic carbocycles. The molecule has 0 spiro atoms. The zero-order chi connectivity index (χ0) is 25.9. The molecule has 8 nitrogen and oxygen atoms in total. The van der Waals surface area contributed by atoms with Gasteiger partial charge in [0.05, 0.1) is 35.4 Å². The molecule has 0 aliphatic carbocycles. The van der Waals surface area contributed by atoms with Crippen molar-refractivity contribution in [2.45, 2.75) is 65.5 Å². The second-order valence-electron chi connectivity index (χ2n) is 10.3. The molecule has 8 heteroatoms. The maximum absolute atomic E-state index is 13.3. The van der Waals surface area contributed by atoms with Gasteiger partial charge in [-0.1, -0.05) is 24.3 Å². The van der Waals surface area contributed by atoms with E-state index < -0.39 is 5.60 Å². The maximum atomic E-state index is 13.3. The molecule has 2 aromatic heterocycles. The largest absolute Gasteiger partial charge is 0.444 e. The molecule has 0 atom stereocenters. The van der Waals surface area contributed by atoms with Crippen molar-refractivity contribution < 1.29 is 14.3 Å². The van der Waals surface area contributed by atoms with E-state index in [1.165, 1.54) is 0 Å². The molecule has 1 saturated heterocycles. The summed E-state index contributed by atoms with van der Waals surface area (Å²) in [4.78, 5) is 32.0. The monoisotopic (exact) mass is 489 g/mol. The first-order chi connectivity index (χ1) is 17.1. The highest BCUT2D eigenvalue weighted by atomic mass is 16.6. The highest BCUT2D eigenvalue weighted by molar-refractivity contribution is 5.95. The predicted molar refractivity (Wildman–Crippen MR) is 138 cm³/mol. The summed E-state index contributed by atoms with van der Waals surface area (Å²) in [6.45, 7) is 11.2. The van der Waals surface area contributed by atoms with Gasteiger partial charge in [-0.05, 0) is 70.7 Å². The highest BCUT2D eigenvalue weighted by Gasteiger charge is 2.32. The topological polar surface area (TPSA) is 89.4 Å².